The molecule has 0 aromatic carbocycles. The van der Waals surface area contributed by atoms with Gasteiger partial charge in [-0.1, -0.05) is 0 Å². The molecule has 140 valence electrons. The van der Waals surface area contributed by atoms with Crippen LogP contribution in [0.2, 0.25) is 0 Å². The monoisotopic (exact) mass is 392 g/mol. The minimum absolute atomic E-state index is 0. The van der Waals surface area contributed by atoms with Crippen molar-refractivity contribution >= 4 is 35.2 Å². The normalized spacial score (nSPS) is 20.5. The molecule has 0 aromatic heterocycles. The molecule has 23 heavy (non-hydrogen) atoms. The standard InChI is InChI=1S/C14H28N2O4S.2ClH/c17-21(18,19-11-5-13-1-7-15-8-2-13)20-12-6-14-3-9-16-10-4-14;;/h13-16H,1-12H2;2*1H. The average Bonchev–Trinajstić information content (AvgIpc) is 2.49. The zero-order valence-corrected chi connectivity index (χ0v) is 15.9. The van der Waals surface area contributed by atoms with Crippen LogP contribution < -0.4 is 10.6 Å². The van der Waals surface area contributed by atoms with Gasteiger partial charge in [0.15, 0.2) is 0 Å². The number of halogens is 2. The summed E-state index contributed by atoms with van der Waals surface area (Å²) < 4.78 is 33.2. The molecule has 0 aromatic rings. The molecule has 0 unspecified atom stereocenters. The van der Waals surface area contributed by atoms with Crippen LogP contribution in [0.1, 0.15) is 38.5 Å². The molecule has 0 radical (unpaired) electrons. The summed E-state index contributed by atoms with van der Waals surface area (Å²) in [6.07, 6.45) is 5.97. The molecule has 2 saturated heterocycles. The Balaban J connectivity index is 0.00000242. The van der Waals surface area contributed by atoms with Crippen LogP contribution in [0, 0.1) is 11.8 Å². The molecule has 6 nitrogen and oxygen atoms in total. The van der Waals surface area contributed by atoms with Gasteiger partial charge in [-0.15, -0.1) is 24.8 Å². The molecule has 0 atom stereocenters. The molecule has 0 spiro atoms. The first-order chi connectivity index (χ1) is 10.2. The highest BCUT2D eigenvalue weighted by Gasteiger charge is 2.18. The molecular formula is C14H30Cl2N2O4S. The molecular weight excluding hydrogens is 363 g/mol. The van der Waals surface area contributed by atoms with Crippen molar-refractivity contribution in [1.29, 1.82) is 0 Å². The van der Waals surface area contributed by atoms with Crippen molar-refractivity contribution in [2.75, 3.05) is 39.4 Å². The summed E-state index contributed by atoms with van der Waals surface area (Å²) in [5.41, 5.74) is 0. The average molecular weight is 393 g/mol. The van der Waals surface area contributed by atoms with E-state index < -0.39 is 10.4 Å². The first-order valence-corrected chi connectivity index (χ1v) is 9.44. The lowest BCUT2D eigenvalue weighted by molar-refractivity contribution is 0.183. The van der Waals surface area contributed by atoms with Gasteiger partial charge in [-0.05, 0) is 76.5 Å². The Kier molecular flexibility index (Phi) is 12.9. The predicted molar refractivity (Wildman–Crippen MR) is 95.7 cm³/mol. The van der Waals surface area contributed by atoms with E-state index in [1.54, 1.807) is 0 Å². The van der Waals surface area contributed by atoms with Gasteiger partial charge in [-0.25, -0.2) is 8.37 Å². The molecule has 9 heteroatoms. The molecule has 2 aliphatic rings. The fourth-order valence-electron chi connectivity index (χ4n) is 3.01. The molecule has 2 rings (SSSR count). The third kappa shape index (κ3) is 10.1. The van der Waals surface area contributed by atoms with Gasteiger partial charge in [0.05, 0.1) is 13.2 Å². The SMILES string of the molecule is Cl.Cl.O=S(=O)(OCCC1CCNCC1)OCCC1CCNCC1. The Morgan fingerprint density at radius 1 is 0.739 bits per heavy atom. The third-order valence-electron chi connectivity index (χ3n) is 4.42. The van der Waals surface area contributed by atoms with Crippen LogP contribution in [0.5, 0.6) is 0 Å². The van der Waals surface area contributed by atoms with Crippen LogP contribution in [-0.2, 0) is 18.8 Å². The van der Waals surface area contributed by atoms with Crippen LogP contribution in [0.15, 0.2) is 0 Å². The fraction of sp³-hybridized carbons (Fsp3) is 1.00. The highest BCUT2D eigenvalue weighted by molar-refractivity contribution is 7.81. The zero-order valence-electron chi connectivity index (χ0n) is 13.5. The van der Waals surface area contributed by atoms with Crippen LogP contribution >= 0.6 is 24.8 Å². The van der Waals surface area contributed by atoms with Gasteiger partial charge in [0.1, 0.15) is 0 Å². The van der Waals surface area contributed by atoms with Gasteiger partial charge < -0.3 is 10.6 Å². The van der Waals surface area contributed by atoms with Gasteiger partial charge in [0.2, 0.25) is 0 Å². The summed E-state index contributed by atoms with van der Waals surface area (Å²) >= 11 is 0. The van der Waals surface area contributed by atoms with Crippen LogP contribution in [-0.4, -0.2) is 47.8 Å². The Morgan fingerprint density at radius 2 is 1.09 bits per heavy atom. The second kappa shape index (κ2) is 12.7. The van der Waals surface area contributed by atoms with Crippen LogP contribution in [0.4, 0.5) is 0 Å². The van der Waals surface area contributed by atoms with Crippen molar-refractivity contribution in [3.63, 3.8) is 0 Å². The third-order valence-corrected chi connectivity index (χ3v) is 5.34. The first-order valence-electron chi connectivity index (χ1n) is 8.11. The lowest BCUT2D eigenvalue weighted by Gasteiger charge is -2.22. The maximum atomic E-state index is 11.6. The Bertz CT molecular complexity index is 356. The van der Waals surface area contributed by atoms with Gasteiger partial charge in [-0.3, -0.25) is 0 Å². The minimum atomic E-state index is -3.81. The highest BCUT2D eigenvalue weighted by Crippen LogP contribution is 2.18. The predicted octanol–water partition coefficient (Wildman–Crippen LogP) is 1.89. The Morgan fingerprint density at radius 3 is 1.43 bits per heavy atom. The summed E-state index contributed by atoms with van der Waals surface area (Å²) in [7, 11) is -3.81. The van der Waals surface area contributed by atoms with Crippen molar-refractivity contribution in [1.82, 2.24) is 10.6 Å². The molecule has 0 bridgehead atoms. The van der Waals surface area contributed by atoms with Crippen LogP contribution in [0.25, 0.3) is 0 Å². The summed E-state index contributed by atoms with van der Waals surface area (Å²) in [5.74, 6) is 1.13. The van der Waals surface area contributed by atoms with Crippen LogP contribution in [0.3, 0.4) is 0 Å². The second-order valence-corrected chi connectivity index (χ2v) is 7.30. The highest BCUT2D eigenvalue weighted by atomic mass is 35.5. The minimum Gasteiger partial charge on any atom is -0.317 e. The molecule has 0 amide bonds. The molecule has 0 aliphatic carbocycles. The van der Waals surface area contributed by atoms with Crippen molar-refractivity contribution in [3.8, 4) is 0 Å². The number of hydrogen-bond acceptors (Lipinski definition) is 6. The maximum absolute atomic E-state index is 11.6. The Hall–Kier alpha value is 0.370. The summed E-state index contributed by atoms with van der Waals surface area (Å²) in [4.78, 5) is 0. The van der Waals surface area contributed by atoms with Crippen molar-refractivity contribution in [2.24, 2.45) is 11.8 Å². The maximum Gasteiger partial charge on any atom is 0.399 e. The van der Waals surface area contributed by atoms with E-state index in [0.29, 0.717) is 11.8 Å². The molecule has 0 saturated carbocycles. The van der Waals surface area contributed by atoms with E-state index in [2.05, 4.69) is 10.6 Å². The lowest BCUT2D eigenvalue weighted by Crippen LogP contribution is -2.29. The number of nitrogens with one attached hydrogen (secondary N) is 2. The lowest BCUT2D eigenvalue weighted by atomic mass is 9.95. The van der Waals surface area contributed by atoms with Gasteiger partial charge >= 0.3 is 10.4 Å². The second-order valence-electron chi connectivity index (χ2n) is 6.02. The summed E-state index contributed by atoms with van der Waals surface area (Å²) in [5, 5.41) is 6.58. The quantitative estimate of drug-likeness (QED) is 0.656. The largest absolute Gasteiger partial charge is 0.399 e. The van der Waals surface area contributed by atoms with Gasteiger partial charge in [0, 0.05) is 0 Å². The summed E-state index contributed by atoms with van der Waals surface area (Å²) in [6, 6.07) is 0. The van der Waals surface area contributed by atoms with E-state index in [1.165, 1.54) is 0 Å². The molecule has 2 aliphatic heterocycles. The van der Waals surface area contributed by atoms with Crippen molar-refractivity contribution in [3.05, 3.63) is 0 Å². The number of hydrogen-bond donors (Lipinski definition) is 2. The smallest absolute Gasteiger partial charge is 0.317 e. The topological polar surface area (TPSA) is 76.7 Å². The Labute approximate surface area is 152 Å². The van der Waals surface area contributed by atoms with E-state index in [-0.39, 0.29) is 38.0 Å². The molecule has 2 fully saturated rings. The van der Waals surface area contributed by atoms with Gasteiger partial charge in [0.25, 0.3) is 0 Å². The van der Waals surface area contributed by atoms with E-state index in [9.17, 15) is 8.42 Å². The van der Waals surface area contributed by atoms with E-state index >= 15 is 0 Å². The molecule has 2 heterocycles. The van der Waals surface area contributed by atoms with E-state index in [1.807, 2.05) is 0 Å². The fourth-order valence-corrected chi connectivity index (χ4v) is 3.68. The number of piperidine rings is 2. The molecule has 2 N–H and O–H groups in total. The zero-order chi connectivity index (χ0) is 15.0. The van der Waals surface area contributed by atoms with E-state index in [4.69, 9.17) is 8.37 Å². The summed E-state index contributed by atoms with van der Waals surface area (Å²) in [6.45, 7) is 4.54. The van der Waals surface area contributed by atoms with Crippen molar-refractivity contribution < 1.29 is 16.8 Å². The van der Waals surface area contributed by atoms with Gasteiger partial charge in [-0.2, -0.15) is 8.42 Å². The van der Waals surface area contributed by atoms with E-state index in [0.717, 1.165) is 64.7 Å². The number of rotatable bonds is 8. The van der Waals surface area contributed by atoms with Crippen molar-refractivity contribution in [2.45, 2.75) is 38.5 Å². The first kappa shape index (κ1) is 23.4.